The summed E-state index contributed by atoms with van der Waals surface area (Å²) in [4.78, 5) is 25.5. The highest BCUT2D eigenvalue weighted by atomic mass is 16.7. The van der Waals surface area contributed by atoms with E-state index in [1.807, 2.05) is 27.7 Å². The maximum atomic E-state index is 12.3. The van der Waals surface area contributed by atoms with Crippen molar-refractivity contribution in [2.75, 3.05) is 7.05 Å². The second kappa shape index (κ2) is 4.18. The van der Waals surface area contributed by atoms with Gasteiger partial charge in [-0.3, -0.25) is 14.5 Å². The van der Waals surface area contributed by atoms with E-state index < -0.39 is 18.3 Å². The molecule has 0 saturated carbocycles. The smallest absolute Gasteiger partial charge is 0.399 e. The number of nitrogens with zero attached hydrogens (tertiary/aromatic N) is 1. The summed E-state index contributed by atoms with van der Waals surface area (Å²) in [5, 5.41) is 0. The van der Waals surface area contributed by atoms with Crippen LogP contribution in [0, 0.1) is 0 Å². The topological polar surface area (TPSA) is 55.8 Å². The van der Waals surface area contributed by atoms with E-state index in [4.69, 9.17) is 9.31 Å². The number of rotatable bonds is 1. The van der Waals surface area contributed by atoms with Crippen molar-refractivity contribution in [2.24, 2.45) is 0 Å². The van der Waals surface area contributed by atoms with Gasteiger partial charge in [0, 0.05) is 7.05 Å². The lowest BCUT2D eigenvalue weighted by atomic mass is 9.75. The van der Waals surface area contributed by atoms with Crippen molar-refractivity contribution in [1.29, 1.82) is 0 Å². The van der Waals surface area contributed by atoms with Gasteiger partial charge in [-0.2, -0.15) is 0 Å². The van der Waals surface area contributed by atoms with E-state index in [0.29, 0.717) is 16.6 Å². The maximum absolute atomic E-state index is 12.3. The molecule has 6 heteroatoms. The van der Waals surface area contributed by atoms with Crippen LogP contribution < -0.4 is 5.46 Å². The fourth-order valence-electron chi connectivity index (χ4n) is 2.59. The molecule has 2 aliphatic rings. The van der Waals surface area contributed by atoms with Gasteiger partial charge in [-0.1, -0.05) is 12.1 Å². The van der Waals surface area contributed by atoms with E-state index in [1.54, 1.807) is 18.2 Å². The lowest BCUT2D eigenvalue weighted by Crippen LogP contribution is -2.41. The van der Waals surface area contributed by atoms with Crippen molar-refractivity contribution < 1.29 is 18.9 Å². The Kier molecular flexibility index (Phi) is 2.84. The molecule has 110 valence electrons. The number of fused-ring (bicyclic) bond motifs is 1. The Morgan fingerprint density at radius 2 is 1.57 bits per heavy atom. The molecule has 0 N–H and O–H groups in total. The van der Waals surface area contributed by atoms with Crippen LogP contribution in [0.4, 0.5) is 0 Å². The molecule has 0 unspecified atom stereocenters. The first-order valence-corrected chi connectivity index (χ1v) is 6.97. The van der Waals surface area contributed by atoms with Crippen LogP contribution in [0.1, 0.15) is 48.4 Å². The first kappa shape index (κ1) is 14.3. The highest BCUT2D eigenvalue weighted by Crippen LogP contribution is 2.37. The van der Waals surface area contributed by atoms with Gasteiger partial charge in [0.15, 0.2) is 0 Å². The molecular weight excluding hydrogens is 269 g/mol. The third kappa shape index (κ3) is 1.86. The van der Waals surface area contributed by atoms with Crippen LogP contribution in [0.3, 0.4) is 0 Å². The van der Waals surface area contributed by atoms with Crippen LogP contribution in [0.15, 0.2) is 18.2 Å². The summed E-state index contributed by atoms with van der Waals surface area (Å²) >= 11 is 0. The number of amides is 2. The lowest BCUT2D eigenvalue weighted by molar-refractivity contribution is 0.00578. The molecule has 1 saturated heterocycles. The van der Waals surface area contributed by atoms with Gasteiger partial charge in [0.1, 0.15) is 0 Å². The Balaban J connectivity index is 2.08. The van der Waals surface area contributed by atoms with E-state index in [0.717, 1.165) is 4.90 Å². The first-order valence-electron chi connectivity index (χ1n) is 6.97. The van der Waals surface area contributed by atoms with Crippen molar-refractivity contribution >= 4 is 24.4 Å². The van der Waals surface area contributed by atoms with Gasteiger partial charge < -0.3 is 9.31 Å². The molecule has 2 aliphatic heterocycles. The predicted octanol–water partition coefficient (Wildman–Crippen LogP) is 1.21. The van der Waals surface area contributed by atoms with Crippen molar-refractivity contribution in [3.8, 4) is 0 Å². The summed E-state index contributed by atoms with van der Waals surface area (Å²) < 4.78 is 12.0. The van der Waals surface area contributed by atoms with Crippen LogP contribution >= 0.6 is 0 Å². The van der Waals surface area contributed by atoms with Crippen LogP contribution in [0.25, 0.3) is 0 Å². The summed E-state index contributed by atoms with van der Waals surface area (Å²) in [6.07, 6.45) is 0. The monoisotopic (exact) mass is 287 g/mol. The standard InChI is InChI=1S/C15H18BNO4/c1-14(2)15(3,4)21-16(20-14)10-8-6-7-9-11(10)13(19)17(5)12(9)18/h6-8H,1-5H3. The van der Waals surface area contributed by atoms with Crippen molar-refractivity contribution in [3.63, 3.8) is 0 Å². The molecule has 2 heterocycles. The molecule has 1 aromatic rings. The average molecular weight is 287 g/mol. The minimum Gasteiger partial charge on any atom is -0.399 e. The summed E-state index contributed by atoms with van der Waals surface area (Å²) in [6, 6.07) is 5.20. The van der Waals surface area contributed by atoms with E-state index in [-0.39, 0.29) is 11.8 Å². The molecule has 0 atom stereocenters. The molecule has 1 fully saturated rings. The van der Waals surface area contributed by atoms with Crippen LogP contribution in [0.2, 0.25) is 0 Å². The van der Waals surface area contributed by atoms with Gasteiger partial charge in [-0.15, -0.1) is 0 Å². The second-order valence-electron chi connectivity index (χ2n) is 6.53. The fraction of sp³-hybridized carbons (Fsp3) is 0.467. The number of carbonyl (C=O) groups excluding carboxylic acids is 2. The number of hydrogen-bond donors (Lipinski definition) is 0. The maximum Gasteiger partial charge on any atom is 0.495 e. The Hall–Kier alpha value is -1.66. The normalized spacial score (nSPS) is 22.9. The van der Waals surface area contributed by atoms with E-state index >= 15 is 0 Å². The van der Waals surface area contributed by atoms with Crippen molar-refractivity contribution in [2.45, 2.75) is 38.9 Å². The summed E-state index contributed by atoms with van der Waals surface area (Å²) in [7, 11) is 0.840. The zero-order chi connectivity index (χ0) is 15.6. The molecule has 2 amide bonds. The predicted molar refractivity (Wildman–Crippen MR) is 78.6 cm³/mol. The molecule has 1 aromatic carbocycles. The summed E-state index contributed by atoms with van der Waals surface area (Å²) in [5.74, 6) is -0.589. The Bertz CT molecular complexity index is 637. The van der Waals surface area contributed by atoms with Gasteiger partial charge in [-0.05, 0) is 39.2 Å². The highest BCUT2D eigenvalue weighted by Gasteiger charge is 2.53. The number of hydrogen-bond acceptors (Lipinski definition) is 4. The summed E-state index contributed by atoms with van der Waals surface area (Å²) in [6.45, 7) is 7.81. The first-order chi connectivity index (χ1) is 9.66. The van der Waals surface area contributed by atoms with Gasteiger partial charge in [0.05, 0.1) is 22.3 Å². The zero-order valence-electron chi connectivity index (χ0n) is 12.9. The Morgan fingerprint density at radius 3 is 2.14 bits per heavy atom. The van der Waals surface area contributed by atoms with E-state index in [9.17, 15) is 9.59 Å². The van der Waals surface area contributed by atoms with Gasteiger partial charge in [-0.25, -0.2) is 0 Å². The molecule has 3 rings (SSSR count). The zero-order valence-corrected chi connectivity index (χ0v) is 12.9. The van der Waals surface area contributed by atoms with Gasteiger partial charge >= 0.3 is 7.12 Å². The third-order valence-electron chi connectivity index (χ3n) is 4.66. The number of imide groups is 1. The van der Waals surface area contributed by atoms with E-state index in [2.05, 4.69) is 0 Å². The lowest BCUT2D eigenvalue weighted by Gasteiger charge is -2.32. The molecule has 0 spiro atoms. The largest absolute Gasteiger partial charge is 0.495 e. The minimum atomic E-state index is -0.645. The van der Waals surface area contributed by atoms with Gasteiger partial charge in [0.2, 0.25) is 0 Å². The molecule has 0 radical (unpaired) electrons. The molecule has 5 nitrogen and oxygen atoms in total. The molecule has 21 heavy (non-hydrogen) atoms. The molecule has 0 aliphatic carbocycles. The van der Waals surface area contributed by atoms with Gasteiger partial charge in [0.25, 0.3) is 11.8 Å². The number of benzene rings is 1. The SMILES string of the molecule is CN1C(=O)c2cccc(B3OC(C)(C)C(C)(C)O3)c2C1=O. The fourth-order valence-corrected chi connectivity index (χ4v) is 2.59. The van der Waals surface area contributed by atoms with Crippen molar-refractivity contribution in [1.82, 2.24) is 4.90 Å². The molecule has 0 aromatic heterocycles. The Labute approximate surface area is 124 Å². The van der Waals surface area contributed by atoms with E-state index in [1.165, 1.54) is 7.05 Å². The van der Waals surface area contributed by atoms with Crippen molar-refractivity contribution in [3.05, 3.63) is 29.3 Å². The highest BCUT2D eigenvalue weighted by molar-refractivity contribution is 6.64. The quantitative estimate of drug-likeness (QED) is 0.575. The average Bonchev–Trinajstić information content (AvgIpc) is 2.76. The van der Waals surface area contributed by atoms with Crippen LogP contribution in [-0.2, 0) is 9.31 Å². The van der Waals surface area contributed by atoms with Crippen LogP contribution in [-0.4, -0.2) is 42.1 Å². The summed E-state index contributed by atoms with van der Waals surface area (Å²) in [5.41, 5.74) is 0.447. The van der Waals surface area contributed by atoms with Crippen LogP contribution in [0.5, 0.6) is 0 Å². The molecular formula is C15H18BNO4. The Morgan fingerprint density at radius 1 is 1.00 bits per heavy atom. The third-order valence-corrected chi connectivity index (χ3v) is 4.66. The molecule has 0 bridgehead atoms. The second-order valence-corrected chi connectivity index (χ2v) is 6.53. The minimum absolute atomic E-state index is 0.284. The number of carbonyl (C=O) groups is 2.